The number of carbonyl (C=O) groups is 1. The Morgan fingerprint density at radius 3 is 2.59 bits per heavy atom. The van der Waals surface area contributed by atoms with Gasteiger partial charge in [-0.1, -0.05) is 0 Å². The van der Waals surface area contributed by atoms with Gasteiger partial charge in [0, 0.05) is 30.7 Å². The van der Waals surface area contributed by atoms with Gasteiger partial charge in [0.25, 0.3) is 0 Å². The van der Waals surface area contributed by atoms with Crippen LogP contribution in [0, 0.1) is 5.82 Å². The molecule has 3 aliphatic rings. The summed E-state index contributed by atoms with van der Waals surface area (Å²) in [5.41, 5.74) is 0.681. The SMILES string of the molecule is COC(=O)c1cn(C2CC2)c2cc(N3CCC4(CC3)CO4)c(F)cc2c1=O. The van der Waals surface area contributed by atoms with Crippen LogP contribution in [0.15, 0.2) is 23.1 Å². The number of esters is 1. The number of benzene rings is 1. The Morgan fingerprint density at radius 1 is 1.30 bits per heavy atom. The number of rotatable bonds is 3. The number of fused-ring (bicyclic) bond motifs is 1. The molecule has 3 fully saturated rings. The summed E-state index contributed by atoms with van der Waals surface area (Å²) in [7, 11) is 1.24. The van der Waals surface area contributed by atoms with Crippen molar-refractivity contribution in [3.05, 3.63) is 39.9 Å². The van der Waals surface area contributed by atoms with E-state index in [9.17, 15) is 14.0 Å². The van der Waals surface area contributed by atoms with Crippen molar-refractivity contribution in [2.24, 2.45) is 0 Å². The Bertz CT molecular complexity index is 997. The summed E-state index contributed by atoms with van der Waals surface area (Å²) in [6.07, 6.45) is 5.31. The highest BCUT2D eigenvalue weighted by Crippen LogP contribution is 2.41. The zero-order valence-corrected chi connectivity index (χ0v) is 15.2. The fraction of sp³-hybridized carbons (Fsp3) is 0.500. The molecule has 0 atom stereocenters. The summed E-state index contributed by atoms with van der Waals surface area (Å²) in [5.74, 6) is -1.12. The minimum atomic E-state index is -0.688. The van der Waals surface area contributed by atoms with E-state index in [1.165, 1.54) is 13.2 Å². The van der Waals surface area contributed by atoms with E-state index < -0.39 is 17.2 Å². The monoisotopic (exact) mass is 372 g/mol. The molecule has 0 radical (unpaired) electrons. The van der Waals surface area contributed by atoms with Gasteiger partial charge in [-0.15, -0.1) is 0 Å². The van der Waals surface area contributed by atoms with Gasteiger partial charge >= 0.3 is 5.97 Å². The number of hydrogen-bond acceptors (Lipinski definition) is 5. The maximum absolute atomic E-state index is 14.9. The second-order valence-corrected chi connectivity index (χ2v) is 7.78. The molecule has 2 saturated heterocycles. The third-order valence-corrected chi connectivity index (χ3v) is 6.01. The Balaban J connectivity index is 1.63. The number of hydrogen-bond donors (Lipinski definition) is 0. The molecular weight excluding hydrogens is 351 g/mol. The molecule has 0 bridgehead atoms. The van der Waals surface area contributed by atoms with Gasteiger partial charge in [-0.25, -0.2) is 9.18 Å². The van der Waals surface area contributed by atoms with Gasteiger partial charge in [0.1, 0.15) is 11.4 Å². The van der Waals surface area contributed by atoms with Gasteiger partial charge in [0.2, 0.25) is 5.43 Å². The van der Waals surface area contributed by atoms with Gasteiger partial charge in [-0.3, -0.25) is 4.79 Å². The Labute approximate surface area is 155 Å². The third-order valence-electron chi connectivity index (χ3n) is 6.01. The number of epoxide rings is 1. The molecule has 2 aliphatic heterocycles. The summed E-state index contributed by atoms with van der Waals surface area (Å²) in [5, 5.41) is 0.227. The molecular formula is C20H21FN2O4. The average molecular weight is 372 g/mol. The second-order valence-electron chi connectivity index (χ2n) is 7.78. The molecule has 27 heavy (non-hydrogen) atoms. The lowest BCUT2D eigenvalue weighted by molar-refractivity contribution is 0.0598. The first-order valence-electron chi connectivity index (χ1n) is 9.37. The lowest BCUT2D eigenvalue weighted by Gasteiger charge is -2.32. The number of pyridine rings is 1. The number of methoxy groups -OCH3 is 1. The zero-order valence-electron chi connectivity index (χ0n) is 15.2. The van der Waals surface area contributed by atoms with E-state index in [2.05, 4.69) is 0 Å². The van der Waals surface area contributed by atoms with Gasteiger partial charge < -0.3 is 18.9 Å². The van der Waals surface area contributed by atoms with Crippen LogP contribution in [-0.2, 0) is 9.47 Å². The quantitative estimate of drug-likeness (QED) is 0.612. The second kappa shape index (κ2) is 5.79. The van der Waals surface area contributed by atoms with E-state index in [1.807, 2.05) is 9.47 Å². The van der Waals surface area contributed by atoms with Crippen molar-refractivity contribution < 1.29 is 18.7 Å². The number of nitrogens with zero attached hydrogens (tertiary/aromatic N) is 2. The molecule has 0 unspecified atom stereocenters. The van der Waals surface area contributed by atoms with Crippen LogP contribution in [0.3, 0.4) is 0 Å². The molecule has 1 saturated carbocycles. The van der Waals surface area contributed by atoms with Crippen molar-refractivity contribution in [1.29, 1.82) is 0 Å². The van der Waals surface area contributed by atoms with Gasteiger partial charge in [-0.2, -0.15) is 0 Å². The number of anilines is 1. The van der Waals surface area contributed by atoms with Crippen LogP contribution in [0.25, 0.3) is 10.9 Å². The highest BCUT2D eigenvalue weighted by atomic mass is 19.1. The zero-order chi connectivity index (χ0) is 18.8. The summed E-state index contributed by atoms with van der Waals surface area (Å²) >= 11 is 0. The van der Waals surface area contributed by atoms with Crippen LogP contribution < -0.4 is 10.3 Å². The molecule has 2 aromatic rings. The van der Waals surface area contributed by atoms with Crippen molar-refractivity contribution in [2.45, 2.75) is 37.3 Å². The minimum absolute atomic E-state index is 0.0232. The standard InChI is InChI=1S/C20H21FN2O4/c1-26-19(25)14-10-23(12-2-3-12)16-9-17(15(21)8-13(16)18(14)24)22-6-4-20(5-7-22)11-27-20/h8-10,12H,2-7,11H2,1H3. The predicted octanol–water partition coefficient (Wildman–Crippen LogP) is 2.63. The highest BCUT2D eigenvalue weighted by Gasteiger charge is 2.46. The van der Waals surface area contributed by atoms with Crippen LogP contribution in [-0.4, -0.2) is 42.9 Å². The largest absolute Gasteiger partial charge is 0.465 e. The van der Waals surface area contributed by atoms with Crippen molar-refractivity contribution in [3.8, 4) is 0 Å². The Hall–Kier alpha value is -2.41. The van der Waals surface area contributed by atoms with E-state index in [0.29, 0.717) is 11.2 Å². The molecule has 1 aliphatic carbocycles. The molecule has 0 N–H and O–H groups in total. The van der Waals surface area contributed by atoms with Crippen molar-refractivity contribution in [1.82, 2.24) is 4.57 Å². The maximum atomic E-state index is 14.9. The normalized spacial score (nSPS) is 20.9. The summed E-state index contributed by atoms with van der Waals surface area (Å²) < 4.78 is 27.1. The van der Waals surface area contributed by atoms with Gasteiger partial charge in [0.15, 0.2) is 0 Å². The molecule has 1 aromatic heterocycles. The highest BCUT2D eigenvalue weighted by molar-refractivity contribution is 5.94. The maximum Gasteiger partial charge on any atom is 0.343 e. The molecule has 0 amide bonds. The fourth-order valence-electron chi connectivity index (χ4n) is 4.06. The molecule has 1 aromatic carbocycles. The first kappa shape index (κ1) is 16.7. The summed E-state index contributed by atoms with van der Waals surface area (Å²) in [6, 6.07) is 3.27. The van der Waals surface area contributed by atoms with Crippen LogP contribution in [0.2, 0.25) is 0 Å². The lowest BCUT2D eigenvalue weighted by Crippen LogP contribution is -2.38. The molecule has 5 rings (SSSR count). The van der Waals surface area contributed by atoms with Crippen molar-refractivity contribution in [2.75, 3.05) is 31.7 Å². The summed E-state index contributed by atoms with van der Waals surface area (Å²) in [6.45, 7) is 2.27. The Kier molecular flexibility index (Phi) is 3.59. The molecule has 1 spiro atoms. The van der Waals surface area contributed by atoms with E-state index >= 15 is 0 Å². The van der Waals surface area contributed by atoms with Gasteiger partial charge in [0.05, 0.1) is 30.5 Å². The first-order chi connectivity index (χ1) is 13.0. The first-order valence-corrected chi connectivity index (χ1v) is 9.37. The molecule has 142 valence electrons. The van der Waals surface area contributed by atoms with Crippen LogP contribution in [0.1, 0.15) is 42.1 Å². The van der Waals surface area contributed by atoms with Gasteiger partial charge in [-0.05, 0) is 37.8 Å². The number of ether oxygens (including phenoxy) is 2. The van der Waals surface area contributed by atoms with Crippen LogP contribution in [0.5, 0.6) is 0 Å². The number of carbonyl (C=O) groups excluding carboxylic acids is 1. The minimum Gasteiger partial charge on any atom is -0.465 e. The number of halogens is 1. The smallest absolute Gasteiger partial charge is 0.343 e. The van der Waals surface area contributed by atoms with Crippen molar-refractivity contribution in [3.63, 3.8) is 0 Å². The Morgan fingerprint density at radius 2 is 2.00 bits per heavy atom. The summed E-state index contributed by atoms with van der Waals surface area (Å²) in [4.78, 5) is 26.8. The average Bonchev–Trinajstić information content (AvgIpc) is 3.59. The molecule has 3 heterocycles. The predicted molar refractivity (Wildman–Crippen MR) is 97.9 cm³/mol. The van der Waals surface area contributed by atoms with E-state index in [-0.39, 0.29) is 22.6 Å². The van der Waals surface area contributed by atoms with E-state index in [4.69, 9.17) is 9.47 Å². The fourth-order valence-corrected chi connectivity index (χ4v) is 4.06. The lowest BCUT2D eigenvalue weighted by atomic mass is 9.97. The van der Waals surface area contributed by atoms with Crippen molar-refractivity contribution >= 4 is 22.6 Å². The molecule has 6 nitrogen and oxygen atoms in total. The van der Waals surface area contributed by atoms with E-state index in [1.54, 1.807) is 12.3 Å². The van der Waals surface area contributed by atoms with E-state index in [0.717, 1.165) is 45.4 Å². The molecule has 7 heteroatoms. The van der Waals surface area contributed by atoms with Crippen LogP contribution in [0.4, 0.5) is 10.1 Å². The van der Waals surface area contributed by atoms with Crippen LogP contribution >= 0.6 is 0 Å². The third kappa shape index (κ3) is 2.72. The topological polar surface area (TPSA) is 64.1 Å². The number of piperidine rings is 1. The number of aromatic nitrogens is 1.